The van der Waals surface area contributed by atoms with E-state index in [1.165, 1.54) is 0 Å². The van der Waals surface area contributed by atoms with Gasteiger partial charge in [0, 0.05) is 25.7 Å². The molecule has 3 aromatic heterocycles. The fourth-order valence-electron chi connectivity index (χ4n) is 4.71. The van der Waals surface area contributed by atoms with Gasteiger partial charge in [0.2, 0.25) is 17.6 Å². The minimum Gasteiger partial charge on any atom is -0.493 e. The Hall–Kier alpha value is -4.55. The third kappa shape index (κ3) is 4.21. The van der Waals surface area contributed by atoms with Crippen molar-refractivity contribution >= 4 is 34.5 Å². The van der Waals surface area contributed by atoms with E-state index in [1.54, 1.807) is 32.3 Å². The Kier molecular flexibility index (Phi) is 6.19. The average Bonchev–Trinajstić information content (AvgIpc) is 3.62. The number of carbonyl (C=O) groups excluding carboxylic acids is 1. The van der Waals surface area contributed by atoms with Gasteiger partial charge in [0.1, 0.15) is 24.0 Å². The number of benzene rings is 1. The zero-order valence-electron chi connectivity index (χ0n) is 21.3. The van der Waals surface area contributed by atoms with Gasteiger partial charge in [-0.15, -0.1) is 0 Å². The van der Waals surface area contributed by atoms with Gasteiger partial charge in [-0.2, -0.15) is 15.1 Å². The molecule has 0 saturated carbocycles. The lowest BCUT2D eigenvalue weighted by Crippen LogP contribution is -2.41. The number of anilines is 3. The molecule has 0 unspecified atom stereocenters. The molecular formula is C24H29N9O4. The van der Waals surface area contributed by atoms with Crippen LogP contribution in [0, 0.1) is 6.92 Å². The molecule has 1 saturated heterocycles. The molecule has 1 aliphatic rings. The van der Waals surface area contributed by atoms with Crippen molar-refractivity contribution in [2.45, 2.75) is 25.8 Å². The molecule has 1 aromatic carbocycles. The molecule has 3 N–H and O–H groups in total. The number of primary amides is 1. The fraction of sp³-hybridized carbons (Fsp3) is 0.375. The molecule has 1 atom stereocenters. The summed E-state index contributed by atoms with van der Waals surface area (Å²) < 4.78 is 19.9. The minimum absolute atomic E-state index is 0.388. The molecule has 0 aliphatic carbocycles. The van der Waals surface area contributed by atoms with E-state index >= 15 is 0 Å². The van der Waals surface area contributed by atoms with Crippen LogP contribution in [-0.2, 0) is 11.8 Å². The maximum atomic E-state index is 12.0. The highest BCUT2D eigenvalue weighted by molar-refractivity contribution is 5.92. The van der Waals surface area contributed by atoms with Crippen molar-refractivity contribution in [3.63, 3.8) is 0 Å². The molecule has 0 radical (unpaired) electrons. The first-order valence-electron chi connectivity index (χ1n) is 11.7. The normalized spacial score (nSPS) is 15.3. The van der Waals surface area contributed by atoms with Crippen molar-refractivity contribution in [2.75, 3.05) is 38.1 Å². The third-order valence-electron chi connectivity index (χ3n) is 6.46. The highest BCUT2D eigenvalue weighted by Crippen LogP contribution is 2.39. The molecule has 1 fully saturated rings. The monoisotopic (exact) mass is 507 g/mol. The number of ether oxygens (including phenoxy) is 3. The highest BCUT2D eigenvalue weighted by atomic mass is 16.5. The van der Waals surface area contributed by atoms with Gasteiger partial charge in [-0.3, -0.25) is 4.79 Å². The molecule has 1 aliphatic heterocycles. The van der Waals surface area contributed by atoms with E-state index in [9.17, 15) is 4.79 Å². The molecule has 4 aromatic rings. The van der Waals surface area contributed by atoms with Crippen LogP contribution in [0.3, 0.4) is 0 Å². The van der Waals surface area contributed by atoms with Crippen LogP contribution in [0.15, 0.2) is 24.7 Å². The Morgan fingerprint density at radius 3 is 2.51 bits per heavy atom. The van der Waals surface area contributed by atoms with Crippen LogP contribution in [0.2, 0.25) is 0 Å². The zero-order valence-corrected chi connectivity index (χ0v) is 21.3. The number of nitrogens with zero attached hydrogens (tertiary/aromatic N) is 7. The molecule has 13 nitrogen and oxygen atoms in total. The number of carbonyl (C=O) groups is 1. The number of nitrogens with two attached hydrogens (primary N) is 1. The molecule has 194 valence electrons. The van der Waals surface area contributed by atoms with Gasteiger partial charge in [-0.25, -0.2) is 9.67 Å². The second kappa shape index (κ2) is 9.48. The largest absolute Gasteiger partial charge is 0.493 e. The summed E-state index contributed by atoms with van der Waals surface area (Å²) >= 11 is 0. The molecule has 0 bridgehead atoms. The molecule has 4 heterocycles. The van der Waals surface area contributed by atoms with Gasteiger partial charge in [0.05, 0.1) is 44.3 Å². The van der Waals surface area contributed by atoms with E-state index in [4.69, 9.17) is 29.9 Å². The lowest BCUT2D eigenvalue weighted by atomic mass is 10.2. The van der Waals surface area contributed by atoms with Crippen LogP contribution >= 0.6 is 0 Å². The number of nitrogens with one attached hydrogen (secondary N) is 1. The standard InChI is InChI=1S/C24H29N9O4/c1-13-19-22(28-24(29-23(19)31(2)30-13)33-8-6-7-15(33)21(25)34)27-18-11-32(12-26-18)14-9-16(35-3)20(37-5)17(10-14)36-4/h9-12,15H,6-8H2,1-5H3,(H2,25,34)(H,27,28,29)/t15-/m0/s1. The number of imidazole rings is 1. The first kappa shape index (κ1) is 24.2. The maximum Gasteiger partial charge on any atom is 0.240 e. The lowest BCUT2D eigenvalue weighted by Gasteiger charge is -2.22. The number of rotatable bonds is 8. The topological polar surface area (TPSA) is 147 Å². The number of methoxy groups -OCH3 is 3. The number of aryl methyl sites for hydroxylation is 2. The average molecular weight is 508 g/mol. The Bertz CT molecular complexity index is 1450. The second-order valence-electron chi connectivity index (χ2n) is 8.71. The minimum atomic E-state index is -0.445. The van der Waals surface area contributed by atoms with Crippen LogP contribution in [-0.4, -0.2) is 69.1 Å². The molecule has 5 rings (SSSR count). The fourth-order valence-corrected chi connectivity index (χ4v) is 4.71. The van der Waals surface area contributed by atoms with Crippen molar-refractivity contribution in [3.8, 4) is 22.9 Å². The molecule has 0 spiro atoms. The van der Waals surface area contributed by atoms with Crippen LogP contribution in [0.1, 0.15) is 18.5 Å². The predicted molar refractivity (Wildman–Crippen MR) is 137 cm³/mol. The van der Waals surface area contributed by atoms with E-state index in [0.717, 1.165) is 23.2 Å². The van der Waals surface area contributed by atoms with Gasteiger partial charge in [-0.05, 0) is 19.8 Å². The quantitative estimate of drug-likeness (QED) is 0.363. The zero-order chi connectivity index (χ0) is 26.3. The first-order chi connectivity index (χ1) is 17.8. The third-order valence-corrected chi connectivity index (χ3v) is 6.46. The number of amides is 1. The highest BCUT2D eigenvalue weighted by Gasteiger charge is 2.32. The summed E-state index contributed by atoms with van der Waals surface area (Å²) in [5, 5.41) is 8.60. The van der Waals surface area contributed by atoms with Gasteiger partial charge in [0.25, 0.3) is 0 Å². The maximum absolute atomic E-state index is 12.0. The van der Waals surface area contributed by atoms with Gasteiger partial charge >= 0.3 is 0 Å². The summed E-state index contributed by atoms with van der Waals surface area (Å²) in [6, 6.07) is 3.21. The summed E-state index contributed by atoms with van der Waals surface area (Å²) in [6.07, 6.45) is 4.99. The van der Waals surface area contributed by atoms with E-state index in [1.807, 2.05) is 41.8 Å². The van der Waals surface area contributed by atoms with Gasteiger partial charge < -0.3 is 34.7 Å². The molecule has 13 heteroatoms. The summed E-state index contributed by atoms with van der Waals surface area (Å²) in [5.41, 5.74) is 7.82. The van der Waals surface area contributed by atoms with Crippen LogP contribution in [0.4, 0.5) is 17.6 Å². The van der Waals surface area contributed by atoms with E-state index < -0.39 is 6.04 Å². The SMILES string of the molecule is COc1cc(-n2cnc(Nc3nc(N4CCC[C@H]4C(N)=O)nc4c3c(C)nn4C)c2)cc(OC)c1OC. The Labute approximate surface area is 213 Å². The molecular weight excluding hydrogens is 478 g/mol. The molecule has 37 heavy (non-hydrogen) atoms. The van der Waals surface area contributed by atoms with Crippen LogP contribution < -0.4 is 30.2 Å². The molecule has 1 amide bonds. The second-order valence-corrected chi connectivity index (χ2v) is 8.71. The van der Waals surface area contributed by atoms with Crippen molar-refractivity contribution < 1.29 is 19.0 Å². The summed E-state index contributed by atoms with van der Waals surface area (Å²) in [7, 11) is 6.52. The predicted octanol–water partition coefficient (Wildman–Crippen LogP) is 2.08. The van der Waals surface area contributed by atoms with Crippen molar-refractivity contribution in [1.82, 2.24) is 29.3 Å². The number of hydrogen-bond acceptors (Lipinski definition) is 10. The summed E-state index contributed by atoms with van der Waals surface area (Å²) in [4.78, 5) is 27.9. The number of hydrogen-bond donors (Lipinski definition) is 2. The van der Waals surface area contributed by atoms with E-state index in [-0.39, 0.29) is 5.91 Å². The van der Waals surface area contributed by atoms with Crippen molar-refractivity contribution in [2.24, 2.45) is 12.8 Å². The van der Waals surface area contributed by atoms with Crippen molar-refractivity contribution in [3.05, 3.63) is 30.4 Å². The lowest BCUT2D eigenvalue weighted by molar-refractivity contribution is -0.119. The Morgan fingerprint density at radius 1 is 1.14 bits per heavy atom. The van der Waals surface area contributed by atoms with E-state index in [0.29, 0.717) is 53.4 Å². The van der Waals surface area contributed by atoms with E-state index in [2.05, 4.69) is 15.4 Å². The van der Waals surface area contributed by atoms with Gasteiger partial charge in [-0.1, -0.05) is 0 Å². The van der Waals surface area contributed by atoms with Gasteiger partial charge in [0.15, 0.2) is 17.1 Å². The summed E-state index contributed by atoms with van der Waals surface area (Å²) in [5.74, 6) is 2.69. The number of fused-ring (bicyclic) bond motifs is 1. The smallest absolute Gasteiger partial charge is 0.240 e. The number of aromatic nitrogens is 6. The first-order valence-corrected chi connectivity index (χ1v) is 11.7. The Balaban J connectivity index is 1.54. The van der Waals surface area contributed by atoms with Crippen LogP contribution in [0.5, 0.6) is 17.2 Å². The van der Waals surface area contributed by atoms with Crippen molar-refractivity contribution in [1.29, 1.82) is 0 Å². The summed E-state index contributed by atoms with van der Waals surface area (Å²) in [6.45, 7) is 2.54. The Morgan fingerprint density at radius 2 is 1.86 bits per heavy atom. The van der Waals surface area contributed by atoms with Crippen LogP contribution in [0.25, 0.3) is 16.7 Å².